The summed E-state index contributed by atoms with van der Waals surface area (Å²) in [5, 5.41) is 0. The number of methoxy groups -OCH3 is 1. The Kier molecular flexibility index (Phi) is 6.06. The third kappa shape index (κ3) is 3.74. The Labute approximate surface area is 105 Å². The van der Waals surface area contributed by atoms with Crippen LogP contribution in [0.5, 0.6) is 5.75 Å². The number of nitrogens with two attached hydrogens (primary N) is 1. The van der Waals surface area contributed by atoms with Crippen LogP contribution in [0.3, 0.4) is 0 Å². The van der Waals surface area contributed by atoms with E-state index in [9.17, 15) is 0 Å². The second kappa shape index (κ2) is 7.33. The average molecular weight is 235 g/mol. The molecule has 0 aliphatic carbocycles. The van der Waals surface area contributed by atoms with Gasteiger partial charge < -0.3 is 10.5 Å². The minimum Gasteiger partial charge on any atom is -0.496 e. The molecule has 1 rings (SSSR count). The highest BCUT2D eigenvalue weighted by molar-refractivity contribution is 5.36. The second-order valence-corrected chi connectivity index (χ2v) is 4.61. The van der Waals surface area contributed by atoms with Crippen molar-refractivity contribution in [1.82, 2.24) is 0 Å². The standard InChI is InChI=1S/C15H25NO/c1-4-8-12(9-5-2)15(16)13-10-6-7-11-14(13)17-3/h6-7,10-12,15H,4-5,8-9,16H2,1-3H3. The lowest BCUT2D eigenvalue weighted by Gasteiger charge is -2.25. The maximum atomic E-state index is 6.41. The summed E-state index contributed by atoms with van der Waals surface area (Å²) in [5.74, 6) is 1.47. The van der Waals surface area contributed by atoms with Gasteiger partial charge in [-0.15, -0.1) is 0 Å². The normalized spacial score (nSPS) is 12.8. The van der Waals surface area contributed by atoms with E-state index in [1.54, 1.807) is 7.11 Å². The van der Waals surface area contributed by atoms with Crippen LogP contribution in [0.1, 0.15) is 51.1 Å². The summed E-state index contributed by atoms with van der Waals surface area (Å²) in [5.41, 5.74) is 7.55. The molecular weight excluding hydrogens is 210 g/mol. The zero-order valence-electron chi connectivity index (χ0n) is 11.3. The van der Waals surface area contributed by atoms with Gasteiger partial charge in [0, 0.05) is 11.6 Å². The van der Waals surface area contributed by atoms with Crippen LogP contribution in [0, 0.1) is 5.92 Å². The van der Waals surface area contributed by atoms with Gasteiger partial charge in [0.25, 0.3) is 0 Å². The first kappa shape index (κ1) is 14.0. The summed E-state index contributed by atoms with van der Waals surface area (Å²) in [7, 11) is 1.71. The predicted molar refractivity (Wildman–Crippen MR) is 73.2 cm³/mol. The Morgan fingerprint density at radius 3 is 2.24 bits per heavy atom. The van der Waals surface area contributed by atoms with Crippen molar-refractivity contribution in [3.05, 3.63) is 29.8 Å². The van der Waals surface area contributed by atoms with Crippen LogP contribution in [0.15, 0.2) is 24.3 Å². The van der Waals surface area contributed by atoms with E-state index in [-0.39, 0.29) is 6.04 Å². The van der Waals surface area contributed by atoms with E-state index in [0.717, 1.165) is 11.3 Å². The van der Waals surface area contributed by atoms with E-state index in [0.29, 0.717) is 5.92 Å². The molecule has 0 bridgehead atoms. The zero-order chi connectivity index (χ0) is 12.7. The second-order valence-electron chi connectivity index (χ2n) is 4.61. The molecular formula is C15H25NO. The number of hydrogen-bond donors (Lipinski definition) is 1. The molecule has 0 fully saturated rings. The maximum absolute atomic E-state index is 6.41. The molecule has 1 unspecified atom stereocenters. The third-order valence-corrected chi connectivity index (χ3v) is 3.32. The van der Waals surface area contributed by atoms with Gasteiger partial charge in [-0.2, -0.15) is 0 Å². The van der Waals surface area contributed by atoms with Gasteiger partial charge in [0.15, 0.2) is 0 Å². The van der Waals surface area contributed by atoms with Gasteiger partial charge >= 0.3 is 0 Å². The monoisotopic (exact) mass is 235 g/mol. The molecule has 0 spiro atoms. The molecule has 0 saturated carbocycles. The highest BCUT2D eigenvalue weighted by Crippen LogP contribution is 2.32. The van der Waals surface area contributed by atoms with Crippen molar-refractivity contribution >= 4 is 0 Å². The van der Waals surface area contributed by atoms with E-state index in [1.165, 1.54) is 25.7 Å². The number of hydrogen-bond acceptors (Lipinski definition) is 2. The number of para-hydroxylation sites is 1. The van der Waals surface area contributed by atoms with Gasteiger partial charge in [0.2, 0.25) is 0 Å². The molecule has 0 aliphatic heterocycles. The topological polar surface area (TPSA) is 35.2 Å². The van der Waals surface area contributed by atoms with Crippen molar-refractivity contribution in [3.8, 4) is 5.75 Å². The first-order chi connectivity index (χ1) is 8.24. The summed E-state index contributed by atoms with van der Waals surface area (Å²) in [6.45, 7) is 4.44. The van der Waals surface area contributed by atoms with Crippen molar-refractivity contribution in [3.63, 3.8) is 0 Å². The smallest absolute Gasteiger partial charge is 0.123 e. The van der Waals surface area contributed by atoms with E-state index >= 15 is 0 Å². The van der Waals surface area contributed by atoms with Gasteiger partial charge in [0.05, 0.1) is 7.11 Å². The first-order valence-electron chi connectivity index (χ1n) is 6.63. The molecule has 2 nitrogen and oxygen atoms in total. The average Bonchev–Trinajstić information content (AvgIpc) is 2.37. The quantitative estimate of drug-likeness (QED) is 0.777. The number of rotatable bonds is 7. The van der Waals surface area contributed by atoms with Crippen molar-refractivity contribution in [2.45, 2.75) is 45.6 Å². The summed E-state index contributed by atoms with van der Waals surface area (Å²) in [6, 6.07) is 8.19. The van der Waals surface area contributed by atoms with E-state index < -0.39 is 0 Å². The van der Waals surface area contributed by atoms with Crippen molar-refractivity contribution in [1.29, 1.82) is 0 Å². The summed E-state index contributed by atoms with van der Waals surface area (Å²) >= 11 is 0. The Morgan fingerprint density at radius 1 is 1.12 bits per heavy atom. The molecule has 96 valence electrons. The SMILES string of the molecule is CCCC(CCC)C(N)c1ccccc1OC. The molecule has 0 radical (unpaired) electrons. The van der Waals surface area contributed by atoms with Crippen LogP contribution >= 0.6 is 0 Å². The summed E-state index contributed by atoms with van der Waals surface area (Å²) in [6.07, 6.45) is 4.75. The zero-order valence-corrected chi connectivity index (χ0v) is 11.3. The van der Waals surface area contributed by atoms with Gasteiger partial charge in [-0.25, -0.2) is 0 Å². The molecule has 0 amide bonds. The van der Waals surface area contributed by atoms with Crippen LogP contribution in [-0.4, -0.2) is 7.11 Å². The van der Waals surface area contributed by atoms with E-state index in [2.05, 4.69) is 19.9 Å². The number of benzene rings is 1. The van der Waals surface area contributed by atoms with Gasteiger partial charge in [-0.3, -0.25) is 0 Å². The Hall–Kier alpha value is -1.02. The molecule has 2 N–H and O–H groups in total. The van der Waals surface area contributed by atoms with E-state index in [1.807, 2.05) is 18.2 Å². The highest BCUT2D eigenvalue weighted by Gasteiger charge is 2.20. The Bertz CT molecular complexity index is 318. The molecule has 0 heterocycles. The minimum atomic E-state index is 0.0889. The first-order valence-corrected chi connectivity index (χ1v) is 6.63. The Morgan fingerprint density at radius 2 is 1.71 bits per heavy atom. The molecule has 1 atom stereocenters. The van der Waals surface area contributed by atoms with Crippen LogP contribution in [0.4, 0.5) is 0 Å². The van der Waals surface area contributed by atoms with Gasteiger partial charge in [0.1, 0.15) is 5.75 Å². The van der Waals surface area contributed by atoms with Gasteiger partial charge in [-0.05, 0) is 24.8 Å². The van der Waals surface area contributed by atoms with Crippen LogP contribution in [0.2, 0.25) is 0 Å². The van der Waals surface area contributed by atoms with E-state index in [4.69, 9.17) is 10.5 Å². The highest BCUT2D eigenvalue weighted by atomic mass is 16.5. The molecule has 2 heteroatoms. The third-order valence-electron chi connectivity index (χ3n) is 3.32. The fraction of sp³-hybridized carbons (Fsp3) is 0.600. The summed E-state index contributed by atoms with van der Waals surface area (Å²) < 4.78 is 5.39. The van der Waals surface area contributed by atoms with Crippen molar-refractivity contribution in [2.24, 2.45) is 11.7 Å². The van der Waals surface area contributed by atoms with Crippen molar-refractivity contribution in [2.75, 3.05) is 7.11 Å². The maximum Gasteiger partial charge on any atom is 0.123 e. The van der Waals surface area contributed by atoms with Crippen molar-refractivity contribution < 1.29 is 4.74 Å². The lowest BCUT2D eigenvalue weighted by Crippen LogP contribution is -2.22. The largest absolute Gasteiger partial charge is 0.496 e. The predicted octanol–water partition coefficient (Wildman–Crippen LogP) is 3.91. The number of ether oxygens (including phenoxy) is 1. The van der Waals surface area contributed by atoms with Crippen LogP contribution in [0.25, 0.3) is 0 Å². The lowest BCUT2D eigenvalue weighted by molar-refractivity contribution is 0.350. The van der Waals surface area contributed by atoms with Crippen LogP contribution in [-0.2, 0) is 0 Å². The molecule has 1 aromatic rings. The fourth-order valence-electron chi connectivity index (χ4n) is 2.44. The molecule has 0 aliphatic rings. The minimum absolute atomic E-state index is 0.0889. The molecule has 17 heavy (non-hydrogen) atoms. The molecule has 0 saturated heterocycles. The molecule has 1 aromatic carbocycles. The fourth-order valence-corrected chi connectivity index (χ4v) is 2.44. The van der Waals surface area contributed by atoms with Gasteiger partial charge in [-0.1, -0.05) is 44.9 Å². The van der Waals surface area contributed by atoms with Crippen LogP contribution < -0.4 is 10.5 Å². The lowest BCUT2D eigenvalue weighted by atomic mass is 9.86. The Balaban J connectivity index is 2.87. The molecule has 0 aromatic heterocycles. The summed E-state index contributed by atoms with van der Waals surface area (Å²) in [4.78, 5) is 0.